The molecule has 0 atom stereocenters. The minimum atomic E-state index is -0.290. The number of hydrogen-bond donors (Lipinski definition) is 0. The molecule has 2 fully saturated rings. The molecule has 4 nitrogen and oxygen atoms in total. The molecular weight excluding hydrogens is 298 g/mol. The van der Waals surface area contributed by atoms with Crippen molar-refractivity contribution in [3.63, 3.8) is 0 Å². The van der Waals surface area contributed by atoms with E-state index in [1.807, 2.05) is 24.3 Å². The van der Waals surface area contributed by atoms with Crippen molar-refractivity contribution in [1.29, 1.82) is 0 Å². The van der Waals surface area contributed by atoms with Crippen LogP contribution in [-0.2, 0) is 4.74 Å². The first-order chi connectivity index (χ1) is 10.7. The molecule has 22 heavy (non-hydrogen) atoms. The lowest BCUT2D eigenvalue weighted by atomic mass is 10.2. The molecule has 114 valence electrons. The van der Waals surface area contributed by atoms with E-state index in [-0.39, 0.29) is 11.6 Å². The van der Waals surface area contributed by atoms with Crippen molar-refractivity contribution in [2.24, 2.45) is 5.92 Å². The second-order valence-corrected chi connectivity index (χ2v) is 6.82. The van der Waals surface area contributed by atoms with E-state index in [0.29, 0.717) is 11.6 Å². The maximum Gasteiger partial charge on any atom is 0.358 e. The van der Waals surface area contributed by atoms with E-state index in [4.69, 9.17) is 9.47 Å². The first-order valence-corrected chi connectivity index (χ1v) is 8.42. The van der Waals surface area contributed by atoms with Crippen LogP contribution in [0.25, 0.3) is 10.6 Å². The van der Waals surface area contributed by atoms with Crippen LogP contribution < -0.4 is 4.74 Å². The number of para-hydroxylation sites is 1. The van der Waals surface area contributed by atoms with Gasteiger partial charge in [0.25, 0.3) is 0 Å². The highest BCUT2D eigenvalue weighted by Gasteiger charge is 2.57. The van der Waals surface area contributed by atoms with Gasteiger partial charge in [-0.15, -0.1) is 11.3 Å². The van der Waals surface area contributed by atoms with Gasteiger partial charge in [-0.05, 0) is 43.7 Å². The van der Waals surface area contributed by atoms with Crippen LogP contribution in [0.5, 0.6) is 5.75 Å². The molecule has 0 N–H and O–H groups in total. The Morgan fingerprint density at radius 3 is 2.77 bits per heavy atom. The van der Waals surface area contributed by atoms with Gasteiger partial charge in [-0.2, -0.15) is 0 Å². The van der Waals surface area contributed by atoms with E-state index in [1.54, 1.807) is 12.5 Å². The molecule has 2 aliphatic rings. The van der Waals surface area contributed by atoms with Crippen LogP contribution in [0.15, 0.2) is 29.6 Å². The summed E-state index contributed by atoms with van der Waals surface area (Å²) in [5.74, 6) is 1.05. The lowest BCUT2D eigenvalue weighted by molar-refractivity contribution is 0.0154. The van der Waals surface area contributed by atoms with E-state index in [0.717, 1.165) is 29.2 Å². The van der Waals surface area contributed by atoms with Gasteiger partial charge in [0.15, 0.2) is 5.69 Å². The zero-order chi connectivity index (χ0) is 15.2. The van der Waals surface area contributed by atoms with Crippen LogP contribution in [0.1, 0.15) is 36.2 Å². The van der Waals surface area contributed by atoms with Gasteiger partial charge < -0.3 is 9.47 Å². The van der Waals surface area contributed by atoms with E-state index in [2.05, 4.69) is 4.98 Å². The van der Waals surface area contributed by atoms with Gasteiger partial charge in [0, 0.05) is 5.38 Å². The Hall–Kier alpha value is -1.88. The number of hydrogen-bond acceptors (Lipinski definition) is 5. The summed E-state index contributed by atoms with van der Waals surface area (Å²) in [5.41, 5.74) is 1.14. The van der Waals surface area contributed by atoms with Gasteiger partial charge in [-0.1, -0.05) is 12.1 Å². The van der Waals surface area contributed by atoms with Crippen LogP contribution >= 0.6 is 11.3 Å². The van der Waals surface area contributed by atoms with Crippen LogP contribution in [-0.4, -0.2) is 23.7 Å². The molecule has 1 aromatic heterocycles. The smallest absolute Gasteiger partial charge is 0.358 e. The van der Waals surface area contributed by atoms with Crippen molar-refractivity contribution in [2.45, 2.75) is 31.3 Å². The van der Waals surface area contributed by atoms with E-state index < -0.39 is 0 Å². The van der Waals surface area contributed by atoms with Crippen molar-refractivity contribution in [3.8, 4) is 16.3 Å². The molecule has 0 bridgehead atoms. The van der Waals surface area contributed by atoms with Crippen molar-refractivity contribution in [2.75, 3.05) is 7.11 Å². The molecule has 4 rings (SSSR count). The van der Waals surface area contributed by atoms with Gasteiger partial charge in [0.05, 0.1) is 12.7 Å². The second-order valence-electron chi connectivity index (χ2n) is 5.97. The van der Waals surface area contributed by atoms with Gasteiger partial charge in [-0.25, -0.2) is 9.78 Å². The molecule has 0 amide bonds. The number of carbonyl (C=O) groups excluding carboxylic acids is 1. The lowest BCUT2D eigenvalue weighted by Crippen LogP contribution is -2.22. The van der Waals surface area contributed by atoms with E-state index in [1.165, 1.54) is 24.2 Å². The molecule has 2 aliphatic carbocycles. The summed E-state index contributed by atoms with van der Waals surface area (Å²) < 4.78 is 11.1. The zero-order valence-electron chi connectivity index (χ0n) is 12.4. The molecular formula is C17H17NO3S. The Labute approximate surface area is 133 Å². The molecule has 0 unspecified atom stereocenters. The zero-order valence-corrected chi connectivity index (χ0v) is 13.2. The van der Waals surface area contributed by atoms with Crippen molar-refractivity contribution in [3.05, 3.63) is 35.3 Å². The van der Waals surface area contributed by atoms with Gasteiger partial charge in [-0.3, -0.25) is 0 Å². The Morgan fingerprint density at radius 1 is 1.32 bits per heavy atom. The summed E-state index contributed by atoms with van der Waals surface area (Å²) >= 11 is 1.44. The summed E-state index contributed by atoms with van der Waals surface area (Å²) in [7, 11) is 1.63. The highest BCUT2D eigenvalue weighted by Crippen LogP contribution is 2.56. The summed E-state index contributed by atoms with van der Waals surface area (Å²) in [6.45, 7) is 0. The van der Waals surface area contributed by atoms with Crippen LogP contribution in [0.4, 0.5) is 0 Å². The summed E-state index contributed by atoms with van der Waals surface area (Å²) in [5, 5.41) is 2.55. The lowest BCUT2D eigenvalue weighted by Gasteiger charge is -2.14. The monoisotopic (exact) mass is 315 g/mol. The van der Waals surface area contributed by atoms with Crippen LogP contribution in [0.2, 0.25) is 0 Å². The third-order valence-electron chi connectivity index (χ3n) is 4.41. The number of ether oxygens (including phenoxy) is 2. The number of benzene rings is 1. The number of methoxy groups -OCH3 is 1. The minimum absolute atomic E-state index is 0.161. The summed E-state index contributed by atoms with van der Waals surface area (Å²) in [6, 6.07) is 7.68. The van der Waals surface area contributed by atoms with E-state index in [9.17, 15) is 4.79 Å². The van der Waals surface area contributed by atoms with E-state index >= 15 is 0 Å². The fourth-order valence-electron chi connectivity index (χ4n) is 2.88. The second kappa shape index (κ2) is 5.09. The Morgan fingerprint density at radius 2 is 2.09 bits per heavy atom. The molecule has 2 saturated carbocycles. The molecule has 1 aromatic carbocycles. The molecule has 2 aromatic rings. The van der Waals surface area contributed by atoms with Gasteiger partial charge >= 0.3 is 5.97 Å². The maximum atomic E-state index is 12.3. The number of rotatable bonds is 5. The maximum absolute atomic E-state index is 12.3. The van der Waals surface area contributed by atoms with Crippen LogP contribution in [0, 0.1) is 5.92 Å². The molecule has 5 heteroatoms. The number of esters is 1. The SMILES string of the molecule is COc1ccccc1-c1nc(C(=O)OC2(C3CC3)CC2)cs1. The largest absolute Gasteiger partial charge is 0.496 e. The number of thiazole rings is 1. The average Bonchev–Trinajstić information content (AvgIpc) is 3.46. The minimum Gasteiger partial charge on any atom is -0.496 e. The quantitative estimate of drug-likeness (QED) is 0.785. The fraction of sp³-hybridized carbons (Fsp3) is 0.412. The predicted molar refractivity (Wildman–Crippen MR) is 84.2 cm³/mol. The topological polar surface area (TPSA) is 48.4 Å². The predicted octanol–water partition coefficient (Wildman–Crippen LogP) is 3.92. The third kappa shape index (κ3) is 2.39. The van der Waals surface area contributed by atoms with Crippen molar-refractivity contribution in [1.82, 2.24) is 4.98 Å². The molecule has 0 radical (unpaired) electrons. The summed E-state index contributed by atoms with van der Waals surface area (Å²) in [4.78, 5) is 16.8. The molecule has 0 saturated heterocycles. The highest BCUT2D eigenvalue weighted by molar-refractivity contribution is 7.13. The standard InChI is InChI=1S/C17H17NO3S/c1-20-14-5-3-2-4-12(14)15-18-13(10-22-15)16(19)21-17(8-9-17)11-6-7-11/h2-5,10-11H,6-9H2,1H3. The third-order valence-corrected chi connectivity index (χ3v) is 5.29. The first kappa shape index (κ1) is 13.8. The van der Waals surface area contributed by atoms with Gasteiger partial charge in [0.1, 0.15) is 16.4 Å². The van der Waals surface area contributed by atoms with Gasteiger partial charge in [0.2, 0.25) is 0 Å². The Balaban J connectivity index is 1.55. The normalized spacial score (nSPS) is 18.8. The van der Waals surface area contributed by atoms with Crippen molar-refractivity contribution >= 4 is 17.3 Å². The molecule has 0 aliphatic heterocycles. The number of carbonyl (C=O) groups is 1. The molecule has 0 spiro atoms. The Bertz CT molecular complexity index is 716. The van der Waals surface area contributed by atoms with Crippen LogP contribution in [0.3, 0.4) is 0 Å². The fourth-order valence-corrected chi connectivity index (χ4v) is 3.69. The number of nitrogens with zero attached hydrogens (tertiary/aromatic N) is 1. The van der Waals surface area contributed by atoms with Crippen molar-refractivity contribution < 1.29 is 14.3 Å². The average molecular weight is 315 g/mol. The Kier molecular flexibility index (Phi) is 3.18. The molecule has 1 heterocycles. The summed E-state index contributed by atoms with van der Waals surface area (Å²) in [6.07, 6.45) is 4.40. The first-order valence-electron chi connectivity index (χ1n) is 7.54. The highest BCUT2D eigenvalue weighted by atomic mass is 32.1. The number of aromatic nitrogens is 1.